The predicted molar refractivity (Wildman–Crippen MR) is 103 cm³/mol. The monoisotopic (exact) mass is 436 g/mol. The minimum absolute atomic E-state index is 0.127. The van der Waals surface area contributed by atoms with Gasteiger partial charge in [-0.2, -0.15) is 0 Å². The Labute approximate surface area is 172 Å². The van der Waals surface area contributed by atoms with Gasteiger partial charge < -0.3 is 9.47 Å². The van der Waals surface area contributed by atoms with E-state index in [1.807, 2.05) is 0 Å². The van der Waals surface area contributed by atoms with Crippen LogP contribution in [0.25, 0.3) is 10.2 Å². The lowest BCUT2D eigenvalue weighted by atomic mass is 10.1. The molecule has 4 rings (SSSR count). The quantitative estimate of drug-likeness (QED) is 0.447. The van der Waals surface area contributed by atoms with Crippen LogP contribution in [-0.4, -0.2) is 29.6 Å². The lowest BCUT2D eigenvalue weighted by Gasteiger charge is -2.33. The van der Waals surface area contributed by atoms with E-state index in [9.17, 15) is 22.8 Å². The number of esters is 1. The van der Waals surface area contributed by atoms with Gasteiger partial charge in [-0.05, 0) is 19.1 Å². The Kier molecular flexibility index (Phi) is 5.33. The molecule has 3 aromatic rings. The van der Waals surface area contributed by atoms with Crippen molar-refractivity contribution in [3.8, 4) is 5.75 Å². The molecule has 0 radical (unpaired) electrons. The highest BCUT2D eigenvalue weighted by Crippen LogP contribution is 2.37. The Balaban J connectivity index is 1.69. The molecule has 1 aliphatic rings. The average Bonchev–Trinajstić information content (AvgIpc) is 3.14. The molecule has 30 heavy (non-hydrogen) atoms. The highest BCUT2D eigenvalue weighted by atomic mass is 32.1. The zero-order valence-electron chi connectivity index (χ0n) is 15.7. The van der Waals surface area contributed by atoms with Crippen molar-refractivity contribution in [1.29, 1.82) is 0 Å². The fourth-order valence-electron chi connectivity index (χ4n) is 3.17. The van der Waals surface area contributed by atoms with Crippen LogP contribution in [0.4, 0.5) is 18.9 Å². The summed E-state index contributed by atoms with van der Waals surface area (Å²) in [5.74, 6) is -4.25. The van der Waals surface area contributed by atoms with Gasteiger partial charge in [0.05, 0.1) is 30.0 Å². The summed E-state index contributed by atoms with van der Waals surface area (Å²) in [6, 6.07) is 7.15. The Morgan fingerprint density at radius 2 is 2.03 bits per heavy atom. The first-order valence-corrected chi connectivity index (χ1v) is 9.86. The highest BCUT2D eigenvalue weighted by molar-refractivity contribution is 7.18. The van der Waals surface area contributed by atoms with Crippen LogP contribution in [0.2, 0.25) is 0 Å². The summed E-state index contributed by atoms with van der Waals surface area (Å²) in [7, 11) is 0. The third-order valence-electron chi connectivity index (χ3n) is 4.48. The number of carbonyl (C=O) groups is 2. The molecule has 0 N–H and O–H groups in total. The Bertz CT molecular complexity index is 1150. The Hall–Kier alpha value is -3.14. The van der Waals surface area contributed by atoms with Gasteiger partial charge in [-0.15, -0.1) is 11.3 Å². The van der Waals surface area contributed by atoms with E-state index in [-0.39, 0.29) is 29.3 Å². The van der Waals surface area contributed by atoms with Gasteiger partial charge in [0.1, 0.15) is 22.1 Å². The summed E-state index contributed by atoms with van der Waals surface area (Å²) in [6.07, 6.45) is -1.40. The summed E-state index contributed by atoms with van der Waals surface area (Å²) in [5.41, 5.74) is -0.00134. The molecular formula is C20H15F3N2O4S. The number of nitrogens with zero attached hydrogens (tertiary/aromatic N) is 2. The first kappa shape index (κ1) is 20.1. The maximum atomic E-state index is 14.0. The number of para-hydroxylation sites is 2. The summed E-state index contributed by atoms with van der Waals surface area (Å²) in [6.45, 7) is 1.69. The van der Waals surface area contributed by atoms with Crippen LogP contribution in [0.3, 0.4) is 0 Å². The molecule has 1 atom stereocenters. The van der Waals surface area contributed by atoms with E-state index in [1.54, 1.807) is 31.2 Å². The van der Waals surface area contributed by atoms with Crippen molar-refractivity contribution in [2.75, 3.05) is 11.5 Å². The van der Waals surface area contributed by atoms with Crippen molar-refractivity contribution in [1.82, 2.24) is 4.98 Å². The van der Waals surface area contributed by atoms with E-state index >= 15 is 0 Å². The maximum Gasteiger partial charge on any atom is 0.310 e. The molecule has 1 aliphatic heterocycles. The van der Waals surface area contributed by atoms with E-state index in [2.05, 4.69) is 4.98 Å². The lowest BCUT2D eigenvalue weighted by molar-refractivity contribution is -0.147. The molecule has 10 heteroatoms. The van der Waals surface area contributed by atoms with E-state index < -0.39 is 40.9 Å². The number of halogens is 3. The second kappa shape index (κ2) is 7.94. The van der Waals surface area contributed by atoms with Crippen LogP contribution in [-0.2, 0) is 20.9 Å². The summed E-state index contributed by atoms with van der Waals surface area (Å²) >= 11 is 0.821. The summed E-state index contributed by atoms with van der Waals surface area (Å²) in [4.78, 5) is 30.2. The number of hydrogen-bond donors (Lipinski definition) is 0. The molecule has 2 heterocycles. The molecule has 1 amide bonds. The van der Waals surface area contributed by atoms with Crippen LogP contribution in [0.5, 0.6) is 5.75 Å². The number of benzene rings is 2. The first-order valence-electron chi connectivity index (χ1n) is 9.04. The first-order chi connectivity index (χ1) is 14.4. The number of thiazole rings is 1. The average molecular weight is 436 g/mol. The molecule has 1 unspecified atom stereocenters. The third kappa shape index (κ3) is 3.58. The van der Waals surface area contributed by atoms with E-state index in [0.717, 1.165) is 11.3 Å². The second-order valence-electron chi connectivity index (χ2n) is 6.45. The van der Waals surface area contributed by atoms with E-state index in [1.165, 1.54) is 4.90 Å². The highest BCUT2D eigenvalue weighted by Gasteiger charge is 2.36. The SMILES string of the molecule is CCOC(=O)CC1Oc2ccccc2N(Cc2nc3c(F)c(F)cc(F)c3s2)C1=O. The van der Waals surface area contributed by atoms with Crippen molar-refractivity contribution in [2.24, 2.45) is 0 Å². The molecule has 0 bridgehead atoms. The molecule has 156 valence electrons. The molecule has 6 nitrogen and oxygen atoms in total. The number of anilines is 1. The summed E-state index contributed by atoms with van der Waals surface area (Å²) < 4.78 is 52.0. The topological polar surface area (TPSA) is 68.7 Å². The van der Waals surface area contributed by atoms with Crippen LogP contribution in [0.15, 0.2) is 30.3 Å². The lowest BCUT2D eigenvalue weighted by Crippen LogP contribution is -2.46. The minimum atomic E-state index is -1.33. The Morgan fingerprint density at radius 3 is 2.80 bits per heavy atom. The summed E-state index contributed by atoms with van der Waals surface area (Å²) in [5, 5.41) is 0.202. The largest absolute Gasteiger partial charge is 0.478 e. The molecule has 0 fully saturated rings. The fourth-order valence-corrected chi connectivity index (χ4v) is 4.13. The molecule has 2 aromatic carbocycles. The molecular weight excluding hydrogens is 421 g/mol. The third-order valence-corrected chi connectivity index (χ3v) is 5.53. The van der Waals surface area contributed by atoms with Gasteiger partial charge in [-0.3, -0.25) is 14.5 Å². The van der Waals surface area contributed by atoms with Gasteiger partial charge in [0.25, 0.3) is 5.91 Å². The number of carbonyl (C=O) groups excluding carboxylic acids is 2. The zero-order valence-corrected chi connectivity index (χ0v) is 16.5. The molecule has 0 saturated heterocycles. The van der Waals surface area contributed by atoms with Gasteiger partial charge in [0.2, 0.25) is 0 Å². The van der Waals surface area contributed by atoms with Gasteiger partial charge in [0, 0.05) is 6.07 Å². The Morgan fingerprint density at radius 1 is 1.27 bits per heavy atom. The van der Waals surface area contributed by atoms with Crippen LogP contribution in [0.1, 0.15) is 18.4 Å². The number of ether oxygens (including phenoxy) is 2. The second-order valence-corrected chi connectivity index (χ2v) is 7.53. The van der Waals surface area contributed by atoms with E-state index in [0.29, 0.717) is 17.5 Å². The van der Waals surface area contributed by atoms with Crippen LogP contribution < -0.4 is 9.64 Å². The molecule has 0 saturated carbocycles. The van der Waals surface area contributed by atoms with Gasteiger partial charge in [0.15, 0.2) is 17.7 Å². The van der Waals surface area contributed by atoms with Crippen LogP contribution >= 0.6 is 11.3 Å². The van der Waals surface area contributed by atoms with Crippen molar-refractivity contribution in [2.45, 2.75) is 26.0 Å². The smallest absolute Gasteiger partial charge is 0.310 e. The minimum Gasteiger partial charge on any atom is -0.478 e. The number of aromatic nitrogens is 1. The van der Waals surface area contributed by atoms with Crippen molar-refractivity contribution < 1.29 is 32.2 Å². The van der Waals surface area contributed by atoms with Crippen molar-refractivity contribution in [3.05, 3.63) is 52.8 Å². The van der Waals surface area contributed by atoms with Gasteiger partial charge >= 0.3 is 5.97 Å². The maximum absolute atomic E-state index is 14.0. The normalized spacial score (nSPS) is 15.8. The zero-order chi connectivity index (χ0) is 21.4. The van der Waals surface area contributed by atoms with E-state index in [4.69, 9.17) is 9.47 Å². The predicted octanol–water partition coefficient (Wildman–Crippen LogP) is 3.96. The molecule has 0 aliphatic carbocycles. The van der Waals surface area contributed by atoms with Gasteiger partial charge in [-0.1, -0.05) is 12.1 Å². The van der Waals surface area contributed by atoms with Crippen LogP contribution in [0, 0.1) is 17.5 Å². The fraction of sp³-hybridized carbons (Fsp3) is 0.250. The van der Waals surface area contributed by atoms with Crippen molar-refractivity contribution >= 4 is 39.1 Å². The molecule has 0 spiro atoms. The number of fused-ring (bicyclic) bond motifs is 2. The standard InChI is InChI=1S/C20H15F3N2O4S/c1-2-28-16(26)8-14-20(27)25(12-5-3-4-6-13(12)29-14)9-15-24-18-17(23)10(21)7-11(22)19(18)30-15/h3-7,14H,2,8-9H2,1H3. The molecule has 1 aromatic heterocycles. The number of hydrogen-bond acceptors (Lipinski definition) is 6. The number of rotatable bonds is 5. The van der Waals surface area contributed by atoms with Gasteiger partial charge in [-0.25, -0.2) is 18.2 Å². The van der Waals surface area contributed by atoms with Crippen molar-refractivity contribution in [3.63, 3.8) is 0 Å². The number of amides is 1.